The van der Waals surface area contributed by atoms with Crippen molar-refractivity contribution in [3.8, 4) is 0 Å². The molecule has 1 aromatic heterocycles. The summed E-state index contributed by atoms with van der Waals surface area (Å²) >= 11 is 4.71. The van der Waals surface area contributed by atoms with Gasteiger partial charge in [0.2, 0.25) is 0 Å². The van der Waals surface area contributed by atoms with Crippen molar-refractivity contribution in [2.45, 2.75) is 18.1 Å². The van der Waals surface area contributed by atoms with Crippen molar-refractivity contribution >= 4 is 44.7 Å². The first-order valence-corrected chi connectivity index (χ1v) is 8.40. The Morgan fingerprint density at radius 1 is 1.48 bits per heavy atom. The standard InChI is InChI=1S/C14H18BrN3O2S/c1-17(2)6-3-7-18-12-5-4-10(15)8-11(12)16-14(18)21-9-13(19)20/h4-5,8H,3,6-7,9H2,1-2H3,(H,19,20). The van der Waals surface area contributed by atoms with Crippen LogP contribution < -0.4 is 0 Å². The Bertz CT molecular complexity index is 642. The first-order chi connectivity index (χ1) is 9.97. The smallest absolute Gasteiger partial charge is 0.313 e. The number of carbonyl (C=O) groups is 1. The molecule has 0 aliphatic rings. The molecule has 0 bridgehead atoms. The number of nitrogens with zero attached hydrogens (tertiary/aromatic N) is 3. The van der Waals surface area contributed by atoms with Gasteiger partial charge in [-0.15, -0.1) is 0 Å². The molecule has 2 aromatic rings. The molecule has 0 aliphatic carbocycles. The number of rotatable bonds is 7. The maximum Gasteiger partial charge on any atom is 0.313 e. The molecule has 21 heavy (non-hydrogen) atoms. The van der Waals surface area contributed by atoms with Gasteiger partial charge in [-0.05, 0) is 45.3 Å². The van der Waals surface area contributed by atoms with Gasteiger partial charge in [-0.2, -0.15) is 0 Å². The Kier molecular flexibility index (Phi) is 5.66. The number of imidazole rings is 1. The lowest BCUT2D eigenvalue weighted by atomic mass is 10.3. The Balaban J connectivity index is 2.27. The van der Waals surface area contributed by atoms with E-state index in [0.29, 0.717) is 0 Å². The van der Waals surface area contributed by atoms with Gasteiger partial charge >= 0.3 is 5.97 Å². The van der Waals surface area contributed by atoms with Gasteiger partial charge in [0.15, 0.2) is 5.16 Å². The van der Waals surface area contributed by atoms with Crippen LogP contribution in [-0.4, -0.2) is 51.9 Å². The van der Waals surface area contributed by atoms with Crippen molar-refractivity contribution in [2.75, 3.05) is 26.4 Å². The third-order valence-electron chi connectivity index (χ3n) is 2.99. The highest BCUT2D eigenvalue weighted by Crippen LogP contribution is 2.26. The molecule has 0 spiro atoms. The molecular formula is C14H18BrN3O2S. The first kappa shape index (κ1) is 16.3. The van der Waals surface area contributed by atoms with E-state index in [1.165, 1.54) is 11.8 Å². The number of aryl methyl sites for hydroxylation is 1. The minimum absolute atomic E-state index is 0.0260. The zero-order valence-corrected chi connectivity index (χ0v) is 14.4. The maximum atomic E-state index is 10.8. The molecule has 1 heterocycles. The van der Waals surface area contributed by atoms with Crippen LogP contribution in [0.2, 0.25) is 0 Å². The molecule has 2 rings (SSSR count). The van der Waals surface area contributed by atoms with Crippen LogP contribution in [-0.2, 0) is 11.3 Å². The lowest BCUT2D eigenvalue weighted by Gasteiger charge is -2.12. The Hall–Kier alpha value is -1.05. The molecule has 0 saturated carbocycles. The fraction of sp³-hybridized carbons (Fsp3) is 0.429. The van der Waals surface area contributed by atoms with Gasteiger partial charge in [-0.25, -0.2) is 4.98 Å². The molecule has 0 aliphatic heterocycles. The van der Waals surface area contributed by atoms with E-state index < -0.39 is 5.97 Å². The van der Waals surface area contributed by atoms with Gasteiger partial charge in [0.05, 0.1) is 16.8 Å². The molecule has 114 valence electrons. The number of halogens is 1. The second-order valence-corrected chi connectivity index (χ2v) is 6.88. The minimum atomic E-state index is -0.826. The summed E-state index contributed by atoms with van der Waals surface area (Å²) in [6.07, 6.45) is 0.995. The number of carboxylic acids is 1. The van der Waals surface area contributed by atoms with Crippen molar-refractivity contribution in [3.05, 3.63) is 22.7 Å². The van der Waals surface area contributed by atoms with Crippen molar-refractivity contribution in [1.82, 2.24) is 14.5 Å². The van der Waals surface area contributed by atoms with Gasteiger partial charge in [0.1, 0.15) is 0 Å². The molecule has 1 aromatic carbocycles. The molecular weight excluding hydrogens is 354 g/mol. The van der Waals surface area contributed by atoms with Crippen LogP contribution in [0.1, 0.15) is 6.42 Å². The fourth-order valence-electron chi connectivity index (χ4n) is 2.08. The van der Waals surface area contributed by atoms with Gasteiger partial charge in [0, 0.05) is 11.0 Å². The topological polar surface area (TPSA) is 58.4 Å². The van der Waals surface area contributed by atoms with Gasteiger partial charge in [-0.3, -0.25) is 4.79 Å². The largest absolute Gasteiger partial charge is 0.481 e. The summed E-state index contributed by atoms with van der Waals surface area (Å²) in [5.74, 6) is -0.800. The summed E-state index contributed by atoms with van der Waals surface area (Å²) < 4.78 is 3.08. The number of fused-ring (bicyclic) bond motifs is 1. The van der Waals surface area contributed by atoms with Crippen molar-refractivity contribution in [1.29, 1.82) is 0 Å². The molecule has 0 atom stereocenters. The highest BCUT2D eigenvalue weighted by molar-refractivity contribution is 9.10. The van der Waals surface area contributed by atoms with E-state index in [0.717, 1.165) is 40.2 Å². The predicted octanol–water partition coefficient (Wildman–Crippen LogP) is 2.93. The Morgan fingerprint density at radius 2 is 2.24 bits per heavy atom. The van der Waals surface area contributed by atoms with E-state index in [2.05, 4.69) is 30.4 Å². The predicted molar refractivity (Wildman–Crippen MR) is 89.0 cm³/mol. The average Bonchev–Trinajstić information content (AvgIpc) is 2.73. The van der Waals surface area contributed by atoms with Crippen LogP contribution in [0.15, 0.2) is 27.8 Å². The molecule has 0 amide bonds. The van der Waals surface area contributed by atoms with Gasteiger partial charge in [-0.1, -0.05) is 27.7 Å². The fourth-order valence-corrected chi connectivity index (χ4v) is 3.19. The number of benzene rings is 1. The highest BCUT2D eigenvalue weighted by Gasteiger charge is 2.13. The number of carboxylic acid groups (broad SMARTS) is 1. The Labute approximate surface area is 136 Å². The number of aromatic nitrogens is 2. The lowest BCUT2D eigenvalue weighted by Crippen LogP contribution is -2.15. The second kappa shape index (κ2) is 7.29. The van der Waals surface area contributed by atoms with Crippen molar-refractivity contribution in [3.63, 3.8) is 0 Å². The monoisotopic (exact) mass is 371 g/mol. The maximum absolute atomic E-state index is 10.8. The second-order valence-electron chi connectivity index (χ2n) is 5.02. The Morgan fingerprint density at radius 3 is 2.90 bits per heavy atom. The summed E-state index contributed by atoms with van der Waals surface area (Å²) in [5, 5.41) is 9.63. The van der Waals surface area contributed by atoms with Crippen LogP contribution in [0.25, 0.3) is 11.0 Å². The molecule has 7 heteroatoms. The van der Waals surface area contributed by atoms with E-state index in [-0.39, 0.29) is 5.75 Å². The summed E-state index contributed by atoms with van der Waals surface area (Å²) in [6, 6.07) is 5.97. The van der Waals surface area contributed by atoms with Crippen LogP contribution in [0, 0.1) is 0 Å². The quantitative estimate of drug-likeness (QED) is 0.758. The van der Waals surface area contributed by atoms with Crippen LogP contribution in [0.5, 0.6) is 0 Å². The van der Waals surface area contributed by atoms with E-state index in [1.54, 1.807) is 0 Å². The zero-order chi connectivity index (χ0) is 15.4. The number of hydrogen-bond donors (Lipinski definition) is 1. The van der Waals surface area contributed by atoms with E-state index in [4.69, 9.17) is 5.11 Å². The molecule has 5 nitrogen and oxygen atoms in total. The van der Waals surface area contributed by atoms with E-state index in [9.17, 15) is 4.79 Å². The first-order valence-electron chi connectivity index (χ1n) is 6.62. The average molecular weight is 372 g/mol. The molecule has 0 unspecified atom stereocenters. The highest BCUT2D eigenvalue weighted by atomic mass is 79.9. The van der Waals surface area contributed by atoms with Crippen LogP contribution in [0.3, 0.4) is 0 Å². The van der Waals surface area contributed by atoms with Gasteiger partial charge in [0.25, 0.3) is 0 Å². The normalized spacial score (nSPS) is 11.4. The number of hydrogen-bond acceptors (Lipinski definition) is 4. The lowest BCUT2D eigenvalue weighted by molar-refractivity contribution is -0.133. The number of thioether (sulfide) groups is 1. The van der Waals surface area contributed by atoms with E-state index in [1.807, 2.05) is 32.3 Å². The minimum Gasteiger partial charge on any atom is -0.481 e. The number of aliphatic carboxylic acids is 1. The third-order valence-corrected chi connectivity index (χ3v) is 4.44. The van der Waals surface area contributed by atoms with E-state index >= 15 is 0 Å². The molecule has 0 radical (unpaired) electrons. The molecule has 0 fully saturated rings. The molecule has 0 saturated heterocycles. The summed E-state index contributed by atoms with van der Waals surface area (Å²) in [5.41, 5.74) is 1.94. The van der Waals surface area contributed by atoms with Crippen molar-refractivity contribution in [2.24, 2.45) is 0 Å². The zero-order valence-electron chi connectivity index (χ0n) is 12.0. The molecule has 1 N–H and O–H groups in total. The third kappa shape index (κ3) is 4.46. The van der Waals surface area contributed by atoms with Crippen LogP contribution in [0.4, 0.5) is 0 Å². The summed E-state index contributed by atoms with van der Waals surface area (Å²) in [6.45, 7) is 1.82. The van der Waals surface area contributed by atoms with Gasteiger partial charge < -0.3 is 14.6 Å². The summed E-state index contributed by atoms with van der Waals surface area (Å²) in [7, 11) is 4.09. The van der Waals surface area contributed by atoms with Crippen LogP contribution >= 0.6 is 27.7 Å². The SMILES string of the molecule is CN(C)CCCn1c(SCC(=O)O)nc2cc(Br)ccc21. The summed E-state index contributed by atoms with van der Waals surface area (Å²) in [4.78, 5) is 17.5. The van der Waals surface area contributed by atoms with Crippen molar-refractivity contribution < 1.29 is 9.90 Å².